The van der Waals surface area contributed by atoms with Gasteiger partial charge in [-0.3, -0.25) is 9.59 Å². The molecule has 6 heteroatoms. The second-order valence-electron chi connectivity index (χ2n) is 7.49. The Balaban J connectivity index is 1.43. The van der Waals surface area contributed by atoms with Crippen LogP contribution in [0.2, 0.25) is 5.02 Å². The summed E-state index contributed by atoms with van der Waals surface area (Å²) in [4.78, 5) is 29.4. The lowest BCUT2D eigenvalue weighted by Crippen LogP contribution is -2.49. The van der Waals surface area contributed by atoms with E-state index in [0.717, 1.165) is 57.4 Å². The number of hydrogen-bond acceptors (Lipinski definition) is 3. The lowest BCUT2D eigenvalue weighted by Gasteiger charge is -2.36. The number of likely N-dealkylation sites (N-methyl/N-ethyl adjacent to an activating group) is 1. The van der Waals surface area contributed by atoms with Gasteiger partial charge in [-0.2, -0.15) is 0 Å². The molecule has 1 aromatic rings. The third-order valence-corrected chi connectivity index (χ3v) is 6.04. The Bertz CT molecular complexity index is 636. The van der Waals surface area contributed by atoms with Crippen LogP contribution in [0.25, 0.3) is 0 Å². The smallest absolute Gasteiger partial charge is 0.225 e. The summed E-state index contributed by atoms with van der Waals surface area (Å²) in [6.07, 6.45) is 3.21. The molecule has 2 fully saturated rings. The van der Waals surface area contributed by atoms with Crippen molar-refractivity contribution in [2.24, 2.45) is 11.8 Å². The molecular formula is C20H28ClN3O2. The maximum atomic E-state index is 12.7. The highest BCUT2D eigenvalue weighted by molar-refractivity contribution is 6.31. The SMILES string of the molecule is CN1CCN(C(=O)C2CCC(C(=O)NCc3ccccc3Cl)CC2)CC1. The van der Waals surface area contributed by atoms with E-state index in [-0.39, 0.29) is 23.7 Å². The van der Waals surface area contributed by atoms with E-state index in [1.165, 1.54) is 0 Å². The van der Waals surface area contributed by atoms with Crippen LogP contribution < -0.4 is 5.32 Å². The fraction of sp³-hybridized carbons (Fsp3) is 0.600. The van der Waals surface area contributed by atoms with Crippen molar-refractivity contribution in [3.8, 4) is 0 Å². The van der Waals surface area contributed by atoms with E-state index in [9.17, 15) is 9.59 Å². The minimum Gasteiger partial charge on any atom is -0.352 e. The van der Waals surface area contributed by atoms with Gasteiger partial charge in [0.25, 0.3) is 0 Å². The summed E-state index contributed by atoms with van der Waals surface area (Å²) in [6.45, 7) is 4.01. The third kappa shape index (κ3) is 4.77. The van der Waals surface area contributed by atoms with E-state index >= 15 is 0 Å². The number of hydrogen-bond donors (Lipinski definition) is 1. The molecule has 0 atom stereocenters. The average molecular weight is 378 g/mol. The Hall–Kier alpha value is -1.59. The number of piperazine rings is 1. The molecule has 26 heavy (non-hydrogen) atoms. The molecule has 0 spiro atoms. The van der Waals surface area contributed by atoms with E-state index in [2.05, 4.69) is 17.3 Å². The van der Waals surface area contributed by atoms with E-state index in [1.807, 2.05) is 29.2 Å². The summed E-state index contributed by atoms with van der Waals surface area (Å²) in [6, 6.07) is 7.56. The predicted octanol–water partition coefficient (Wildman–Crippen LogP) is 2.54. The molecule has 1 aliphatic heterocycles. The fourth-order valence-electron chi connectivity index (χ4n) is 3.86. The van der Waals surface area contributed by atoms with Crippen LogP contribution in [0.3, 0.4) is 0 Å². The van der Waals surface area contributed by atoms with Gasteiger partial charge < -0.3 is 15.1 Å². The molecule has 1 N–H and O–H groups in total. The number of rotatable bonds is 4. The topological polar surface area (TPSA) is 52.7 Å². The van der Waals surface area contributed by atoms with E-state index in [4.69, 9.17) is 11.6 Å². The van der Waals surface area contributed by atoms with Gasteiger partial charge in [0.1, 0.15) is 0 Å². The van der Waals surface area contributed by atoms with Gasteiger partial charge in [-0.1, -0.05) is 29.8 Å². The van der Waals surface area contributed by atoms with Gasteiger partial charge in [-0.15, -0.1) is 0 Å². The molecule has 1 saturated heterocycles. The third-order valence-electron chi connectivity index (χ3n) is 5.67. The molecule has 2 amide bonds. The molecule has 0 unspecified atom stereocenters. The van der Waals surface area contributed by atoms with Crippen LogP contribution in [-0.4, -0.2) is 54.8 Å². The zero-order chi connectivity index (χ0) is 18.5. The van der Waals surface area contributed by atoms with Crippen LogP contribution >= 0.6 is 11.6 Å². The average Bonchev–Trinajstić information content (AvgIpc) is 2.67. The van der Waals surface area contributed by atoms with E-state index in [0.29, 0.717) is 11.6 Å². The second-order valence-corrected chi connectivity index (χ2v) is 7.89. The van der Waals surface area contributed by atoms with Crippen LogP contribution in [0.1, 0.15) is 31.2 Å². The van der Waals surface area contributed by atoms with Crippen molar-refractivity contribution in [3.05, 3.63) is 34.9 Å². The van der Waals surface area contributed by atoms with Gasteiger partial charge in [0.15, 0.2) is 0 Å². The van der Waals surface area contributed by atoms with Gasteiger partial charge in [-0.05, 0) is 44.4 Å². The normalized spacial score (nSPS) is 24.3. The molecule has 1 heterocycles. The highest BCUT2D eigenvalue weighted by Gasteiger charge is 2.32. The summed E-state index contributed by atoms with van der Waals surface area (Å²) < 4.78 is 0. The molecule has 142 valence electrons. The lowest BCUT2D eigenvalue weighted by atomic mass is 9.80. The van der Waals surface area contributed by atoms with Gasteiger partial charge in [0.05, 0.1) is 0 Å². The zero-order valence-electron chi connectivity index (χ0n) is 15.4. The first-order valence-corrected chi connectivity index (χ1v) is 9.91. The van der Waals surface area contributed by atoms with Crippen molar-refractivity contribution in [2.45, 2.75) is 32.2 Å². The Morgan fingerprint density at radius 1 is 1.04 bits per heavy atom. The molecule has 1 aromatic carbocycles. The number of benzene rings is 1. The zero-order valence-corrected chi connectivity index (χ0v) is 16.2. The molecule has 3 rings (SSSR count). The fourth-order valence-corrected chi connectivity index (χ4v) is 4.06. The molecular weight excluding hydrogens is 350 g/mol. The molecule has 1 saturated carbocycles. The first kappa shape index (κ1) is 19.2. The monoisotopic (exact) mass is 377 g/mol. The Morgan fingerprint density at radius 2 is 1.65 bits per heavy atom. The van der Waals surface area contributed by atoms with Crippen LogP contribution in [-0.2, 0) is 16.1 Å². The number of carbonyl (C=O) groups excluding carboxylic acids is 2. The summed E-state index contributed by atoms with van der Waals surface area (Å²) in [7, 11) is 2.09. The number of nitrogens with zero attached hydrogens (tertiary/aromatic N) is 2. The maximum absolute atomic E-state index is 12.7. The van der Waals surface area contributed by atoms with Crippen molar-refractivity contribution < 1.29 is 9.59 Å². The molecule has 0 aromatic heterocycles. The minimum absolute atomic E-state index is 0.00836. The first-order chi connectivity index (χ1) is 12.5. The Labute approximate surface area is 160 Å². The highest BCUT2D eigenvalue weighted by atomic mass is 35.5. The van der Waals surface area contributed by atoms with Gasteiger partial charge in [-0.25, -0.2) is 0 Å². The van der Waals surface area contributed by atoms with Crippen LogP contribution in [0.5, 0.6) is 0 Å². The van der Waals surface area contributed by atoms with Crippen LogP contribution in [0, 0.1) is 11.8 Å². The van der Waals surface area contributed by atoms with Crippen LogP contribution in [0.15, 0.2) is 24.3 Å². The number of nitrogens with one attached hydrogen (secondary N) is 1. The van der Waals surface area contributed by atoms with Gasteiger partial charge in [0, 0.05) is 49.6 Å². The summed E-state index contributed by atoms with van der Waals surface area (Å²) in [5.41, 5.74) is 0.932. The summed E-state index contributed by atoms with van der Waals surface area (Å²) in [5.74, 6) is 0.462. The number of amides is 2. The number of halogens is 1. The van der Waals surface area contributed by atoms with Gasteiger partial charge >= 0.3 is 0 Å². The summed E-state index contributed by atoms with van der Waals surface area (Å²) >= 11 is 6.13. The molecule has 0 radical (unpaired) electrons. The van der Waals surface area contributed by atoms with Crippen molar-refractivity contribution in [1.29, 1.82) is 0 Å². The number of carbonyl (C=O) groups is 2. The van der Waals surface area contributed by atoms with Crippen molar-refractivity contribution >= 4 is 23.4 Å². The predicted molar refractivity (Wildman–Crippen MR) is 103 cm³/mol. The lowest BCUT2D eigenvalue weighted by molar-refractivity contribution is -0.139. The van der Waals surface area contributed by atoms with E-state index in [1.54, 1.807) is 0 Å². The van der Waals surface area contributed by atoms with Crippen molar-refractivity contribution in [2.75, 3.05) is 33.2 Å². The molecule has 2 aliphatic rings. The largest absolute Gasteiger partial charge is 0.352 e. The molecule has 5 nitrogen and oxygen atoms in total. The quantitative estimate of drug-likeness (QED) is 0.877. The van der Waals surface area contributed by atoms with Crippen molar-refractivity contribution in [1.82, 2.24) is 15.1 Å². The standard InChI is InChI=1S/C20H28ClN3O2/c1-23-10-12-24(13-11-23)20(26)16-8-6-15(7-9-16)19(25)22-14-17-4-2-3-5-18(17)21/h2-5,15-16H,6-14H2,1H3,(H,22,25). The maximum Gasteiger partial charge on any atom is 0.225 e. The van der Waals surface area contributed by atoms with Gasteiger partial charge in [0.2, 0.25) is 11.8 Å². The summed E-state index contributed by atoms with van der Waals surface area (Å²) in [5, 5.41) is 3.67. The molecule has 1 aliphatic carbocycles. The first-order valence-electron chi connectivity index (χ1n) is 9.53. The van der Waals surface area contributed by atoms with Crippen LogP contribution in [0.4, 0.5) is 0 Å². The van der Waals surface area contributed by atoms with Crippen molar-refractivity contribution in [3.63, 3.8) is 0 Å². The highest BCUT2D eigenvalue weighted by Crippen LogP contribution is 2.30. The second kappa shape index (κ2) is 8.87. The Morgan fingerprint density at radius 3 is 2.31 bits per heavy atom. The van der Waals surface area contributed by atoms with E-state index < -0.39 is 0 Å². The Kier molecular flexibility index (Phi) is 6.54. The minimum atomic E-state index is 0.00836. The molecule has 0 bridgehead atoms.